The largest absolute Gasteiger partial charge is 0.349 e. The van der Waals surface area contributed by atoms with Crippen molar-refractivity contribution in [3.05, 3.63) is 41.5 Å². The van der Waals surface area contributed by atoms with E-state index in [0.29, 0.717) is 12.0 Å². The van der Waals surface area contributed by atoms with E-state index in [1.165, 1.54) is 32.1 Å². The summed E-state index contributed by atoms with van der Waals surface area (Å²) in [4.78, 5) is 12.7. The van der Waals surface area contributed by atoms with Gasteiger partial charge in [0.05, 0.1) is 0 Å². The van der Waals surface area contributed by atoms with Crippen LogP contribution in [-0.2, 0) is 0 Å². The molecule has 2 heteroatoms. The monoisotopic (exact) mass is 323 g/mol. The van der Waals surface area contributed by atoms with Gasteiger partial charge in [-0.25, -0.2) is 0 Å². The van der Waals surface area contributed by atoms with Gasteiger partial charge >= 0.3 is 0 Å². The van der Waals surface area contributed by atoms with Gasteiger partial charge in [0.25, 0.3) is 5.91 Å². The van der Waals surface area contributed by atoms with E-state index in [4.69, 9.17) is 0 Å². The van der Waals surface area contributed by atoms with Crippen molar-refractivity contribution in [1.29, 1.82) is 0 Å². The Morgan fingerprint density at radius 2 is 1.58 bits per heavy atom. The summed E-state index contributed by atoms with van der Waals surface area (Å²) >= 11 is 0. The van der Waals surface area contributed by atoms with E-state index in [1.54, 1.807) is 0 Å². The van der Waals surface area contributed by atoms with E-state index in [1.807, 2.05) is 24.3 Å². The molecule has 2 nitrogen and oxygen atoms in total. The first-order valence-corrected chi connectivity index (χ1v) is 9.67. The zero-order valence-corrected chi connectivity index (χ0v) is 14.9. The predicted molar refractivity (Wildman–Crippen MR) is 98.6 cm³/mol. The first-order chi connectivity index (χ1) is 11.6. The lowest BCUT2D eigenvalue weighted by molar-refractivity contribution is -0.0119. The molecule has 0 atom stereocenters. The van der Waals surface area contributed by atoms with Crippen molar-refractivity contribution in [2.24, 2.45) is 29.6 Å². The Labute approximate surface area is 145 Å². The molecule has 24 heavy (non-hydrogen) atoms. The van der Waals surface area contributed by atoms with Crippen LogP contribution in [0.3, 0.4) is 0 Å². The number of carbonyl (C=O) groups is 1. The smallest absolute Gasteiger partial charge is 0.251 e. The maximum absolute atomic E-state index is 12.7. The molecule has 4 aliphatic rings. The molecule has 0 heterocycles. The molecule has 128 valence electrons. The maximum Gasteiger partial charge on any atom is 0.251 e. The molecule has 0 aliphatic heterocycles. The highest BCUT2D eigenvalue weighted by Gasteiger charge is 2.48. The number of rotatable bonds is 4. The molecule has 0 spiro atoms. The molecule has 0 radical (unpaired) electrons. The summed E-state index contributed by atoms with van der Waals surface area (Å²) in [7, 11) is 0. The second-order valence-electron chi connectivity index (χ2n) is 8.66. The molecule has 4 saturated carbocycles. The van der Waals surface area contributed by atoms with Crippen LogP contribution in [0.25, 0.3) is 6.08 Å². The molecule has 1 amide bonds. The van der Waals surface area contributed by atoms with Crippen molar-refractivity contribution < 1.29 is 4.79 Å². The fourth-order valence-electron chi connectivity index (χ4n) is 5.44. The topological polar surface area (TPSA) is 29.1 Å². The molecule has 4 fully saturated rings. The molecule has 1 N–H and O–H groups in total. The van der Waals surface area contributed by atoms with E-state index in [-0.39, 0.29) is 5.91 Å². The Kier molecular flexibility index (Phi) is 4.24. The number of carbonyl (C=O) groups excluding carboxylic acids is 1. The van der Waals surface area contributed by atoms with Crippen molar-refractivity contribution in [3.8, 4) is 0 Å². The van der Waals surface area contributed by atoms with Crippen molar-refractivity contribution in [2.45, 2.75) is 52.0 Å². The highest BCUT2D eigenvalue weighted by atomic mass is 16.1. The molecule has 0 saturated heterocycles. The molecular formula is C22H29NO. The van der Waals surface area contributed by atoms with E-state index in [2.05, 4.69) is 31.3 Å². The summed E-state index contributed by atoms with van der Waals surface area (Å²) in [5.74, 6) is 4.04. The third kappa shape index (κ3) is 3.16. The van der Waals surface area contributed by atoms with Gasteiger partial charge in [0.15, 0.2) is 0 Å². The molecule has 1 aromatic rings. The second-order valence-corrected chi connectivity index (χ2v) is 8.66. The fraction of sp³-hybridized carbons (Fsp3) is 0.591. The van der Waals surface area contributed by atoms with Gasteiger partial charge in [-0.2, -0.15) is 0 Å². The van der Waals surface area contributed by atoms with Gasteiger partial charge in [0.2, 0.25) is 0 Å². The minimum Gasteiger partial charge on any atom is -0.349 e. The lowest BCUT2D eigenvalue weighted by Crippen LogP contribution is -2.55. The van der Waals surface area contributed by atoms with Crippen LogP contribution in [0.4, 0.5) is 0 Å². The van der Waals surface area contributed by atoms with Gasteiger partial charge in [0, 0.05) is 11.6 Å². The van der Waals surface area contributed by atoms with Crippen molar-refractivity contribution in [2.75, 3.05) is 0 Å². The number of allylic oxidation sites excluding steroid dienone is 1. The molecule has 0 aromatic heterocycles. The molecule has 5 rings (SSSR count). The highest BCUT2D eigenvalue weighted by Crippen LogP contribution is 2.53. The molecule has 4 bridgehead atoms. The van der Waals surface area contributed by atoms with E-state index >= 15 is 0 Å². The summed E-state index contributed by atoms with van der Waals surface area (Å²) in [6, 6.07) is 8.44. The summed E-state index contributed by atoms with van der Waals surface area (Å²) in [6.07, 6.45) is 11.1. The minimum absolute atomic E-state index is 0.117. The van der Waals surface area contributed by atoms with Gasteiger partial charge in [-0.05, 0) is 79.4 Å². The van der Waals surface area contributed by atoms with E-state index in [0.717, 1.165) is 34.8 Å². The van der Waals surface area contributed by atoms with Crippen LogP contribution in [0.2, 0.25) is 0 Å². The number of amides is 1. The van der Waals surface area contributed by atoms with Crippen LogP contribution >= 0.6 is 0 Å². The normalized spacial score (nSPS) is 34.2. The Bertz CT molecular complexity index is 600. The lowest BCUT2D eigenvalue weighted by Gasteiger charge is -2.54. The van der Waals surface area contributed by atoms with Crippen LogP contribution in [0, 0.1) is 29.6 Å². The van der Waals surface area contributed by atoms with Crippen LogP contribution in [-0.4, -0.2) is 11.9 Å². The van der Waals surface area contributed by atoms with Crippen LogP contribution in [0.5, 0.6) is 0 Å². The molecular weight excluding hydrogens is 294 g/mol. The third-order valence-corrected chi connectivity index (χ3v) is 6.37. The Morgan fingerprint density at radius 1 is 1.00 bits per heavy atom. The Hall–Kier alpha value is -1.57. The summed E-state index contributed by atoms with van der Waals surface area (Å²) in [5.41, 5.74) is 1.96. The highest BCUT2D eigenvalue weighted by molar-refractivity contribution is 5.94. The first-order valence-electron chi connectivity index (χ1n) is 9.67. The number of benzene rings is 1. The SMILES string of the molecule is CC(C)/C=C/c1ccc(C(=O)NC2[C@H]3C[C@H]4C[C@H](C3)C[C@@H]2C4)cc1. The molecule has 0 unspecified atom stereocenters. The van der Waals surface area contributed by atoms with Crippen LogP contribution in [0.15, 0.2) is 30.3 Å². The number of nitrogens with one attached hydrogen (secondary N) is 1. The van der Waals surface area contributed by atoms with Crippen molar-refractivity contribution in [3.63, 3.8) is 0 Å². The van der Waals surface area contributed by atoms with E-state index in [9.17, 15) is 4.79 Å². The summed E-state index contributed by atoms with van der Waals surface area (Å²) in [6.45, 7) is 4.34. The number of hydrogen-bond acceptors (Lipinski definition) is 1. The summed E-state index contributed by atoms with van der Waals surface area (Å²) in [5, 5.41) is 3.39. The Balaban J connectivity index is 1.41. The van der Waals surface area contributed by atoms with E-state index < -0.39 is 0 Å². The predicted octanol–water partition coefficient (Wildman–Crippen LogP) is 4.91. The third-order valence-electron chi connectivity index (χ3n) is 6.37. The molecule has 4 aliphatic carbocycles. The zero-order chi connectivity index (χ0) is 16.7. The van der Waals surface area contributed by atoms with Crippen molar-refractivity contribution in [1.82, 2.24) is 5.32 Å². The summed E-state index contributed by atoms with van der Waals surface area (Å²) < 4.78 is 0. The van der Waals surface area contributed by atoms with Gasteiger partial charge in [0.1, 0.15) is 0 Å². The zero-order valence-electron chi connectivity index (χ0n) is 14.9. The average Bonchev–Trinajstić information content (AvgIpc) is 2.56. The second kappa shape index (κ2) is 6.38. The minimum atomic E-state index is 0.117. The van der Waals surface area contributed by atoms with Gasteiger partial charge < -0.3 is 5.32 Å². The molecule has 1 aromatic carbocycles. The lowest BCUT2D eigenvalue weighted by atomic mass is 9.54. The van der Waals surface area contributed by atoms with Gasteiger partial charge in [-0.15, -0.1) is 0 Å². The quantitative estimate of drug-likeness (QED) is 0.838. The first kappa shape index (κ1) is 15.9. The van der Waals surface area contributed by atoms with Gasteiger partial charge in [-0.1, -0.05) is 38.1 Å². The fourth-order valence-corrected chi connectivity index (χ4v) is 5.44. The van der Waals surface area contributed by atoms with Crippen LogP contribution in [0.1, 0.15) is 61.9 Å². The standard InChI is InChI=1S/C22H29NO/c1-14(2)3-4-15-5-7-18(8-6-15)22(24)23-21-19-10-16-9-17(12-19)13-20(21)11-16/h3-8,14,16-17,19-21H,9-13H2,1-2H3,(H,23,24)/b4-3+/t16-,17-,19-,20-,21?. The van der Waals surface area contributed by atoms with Gasteiger partial charge in [-0.3, -0.25) is 4.79 Å². The van der Waals surface area contributed by atoms with Crippen LogP contribution < -0.4 is 5.32 Å². The Morgan fingerprint density at radius 3 is 2.12 bits per heavy atom. The average molecular weight is 323 g/mol. The number of hydrogen-bond donors (Lipinski definition) is 1. The maximum atomic E-state index is 12.7. The van der Waals surface area contributed by atoms with Crippen molar-refractivity contribution >= 4 is 12.0 Å².